The van der Waals surface area contributed by atoms with E-state index < -0.39 is 5.54 Å². The first-order valence-corrected chi connectivity index (χ1v) is 8.04. The number of rotatable bonds is 2. The molecule has 0 aromatic carbocycles. The Morgan fingerprint density at radius 3 is 2.78 bits per heavy atom. The average molecular weight is 320 g/mol. The van der Waals surface area contributed by atoms with E-state index in [0.717, 1.165) is 12.8 Å². The molecule has 1 N–H and O–H groups in total. The monoisotopic (exact) mass is 320 g/mol. The number of amides is 2. The number of nitrogens with zero attached hydrogens (tertiary/aromatic N) is 4. The number of fused-ring (bicyclic) bond motifs is 1. The number of piperidine rings is 1. The van der Waals surface area contributed by atoms with E-state index in [0.29, 0.717) is 18.8 Å². The summed E-state index contributed by atoms with van der Waals surface area (Å²) in [4.78, 5) is 32.4. The first-order valence-electron chi connectivity index (χ1n) is 8.04. The van der Waals surface area contributed by atoms with Crippen molar-refractivity contribution in [3.05, 3.63) is 18.2 Å². The van der Waals surface area contributed by atoms with Crippen molar-refractivity contribution < 1.29 is 14.7 Å². The molecule has 3 atom stereocenters. The molecule has 3 heterocycles. The van der Waals surface area contributed by atoms with E-state index in [1.165, 1.54) is 0 Å². The van der Waals surface area contributed by atoms with Crippen molar-refractivity contribution in [2.45, 2.75) is 38.3 Å². The SMILES string of the molecule is CC(=O)N1[C@H]2CCN(C(=O)c3cn(C)cn3)C[C@@H]2C[C@]1(C)CO. The Morgan fingerprint density at radius 1 is 1.48 bits per heavy atom. The summed E-state index contributed by atoms with van der Waals surface area (Å²) in [6.07, 6.45) is 4.82. The summed E-state index contributed by atoms with van der Waals surface area (Å²) in [6.45, 7) is 4.66. The fourth-order valence-electron chi connectivity index (χ4n) is 4.25. The van der Waals surface area contributed by atoms with Crippen LogP contribution in [0.3, 0.4) is 0 Å². The average Bonchev–Trinajstić information content (AvgIpc) is 3.06. The van der Waals surface area contributed by atoms with Gasteiger partial charge in [0.1, 0.15) is 5.69 Å². The second kappa shape index (κ2) is 5.63. The van der Waals surface area contributed by atoms with Gasteiger partial charge in [0, 0.05) is 39.3 Å². The van der Waals surface area contributed by atoms with Crippen LogP contribution in [0.2, 0.25) is 0 Å². The highest BCUT2D eigenvalue weighted by molar-refractivity contribution is 5.92. The summed E-state index contributed by atoms with van der Waals surface area (Å²) in [7, 11) is 1.84. The molecule has 0 bridgehead atoms. The normalized spacial score (nSPS) is 30.4. The van der Waals surface area contributed by atoms with Gasteiger partial charge in [0.05, 0.1) is 18.5 Å². The summed E-state index contributed by atoms with van der Waals surface area (Å²) < 4.78 is 1.76. The van der Waals surface area contributed by atoms with Gasteiger partial charge in [0.15, 0.2) is 0 Å². The highest BCUT2D eigenvalue weighted by Crippen LogP contribution is 2.42. The van der Waals surface area contributed by atoms with E-state index in [2.05, 4.69) is 4.98 Å². The van der Waals surface area contributed by atoms with Gasteiger partial charge in [-0.05, 0) is 25.7 Å². The van der Waals surface area contributed by atoms with Gasteiger partial charge in [-0.25, -0.2) is 4.98 Å². The summed E-state index contributed by atoms with van der Waals surface area (Å²) in [5.74, 6) is 0.145. The zero-order chi connectivity index (χ0) is 16.8. The number of imidazole rings is 1. The number of aryl methyl sites for hydroxylation is 1. The Balaban J connectivity index is 1.77. The summed E-state index contributed by atoms with van der Waals surface area (Å²) in [5.41, 5.74) is -0.0668. The van der Waals surface area contributed by atoms with Gasteiger partial charge in [-0.3, -0.25) is 9.59 Å². The zero-order valence-corrected chi connectivity index (χ0v) is 13.9. The number of aliphatic hydroxyl groups is 1. The highest BCUT2D eigenvalue weighted by atomic mass is 16.3. The van der Waals surface area contributed by atoms with Crippen LogP contribution in [0, 0.1) is 5.92 Å². The zero-order valence-electron chi connectivity index (χ0n) is 13.9. The minimum absolute atomic E-state index is 0.00134. The molecular weight excluding hydrogens is 296 g/mol. The van der Waals surface area contributed by atoms with Gasteiger partial charge in [-0.15, -0.1) is 0 Å². The third kappa shape index (κ3) is 2.63. The van der Waals surface area contributed by atoms with Crippen LogP contribution < -0.4 is 0 Å². The second-order valence-corrected chi connectivity index (χ2v) is 7.04. The molecule has 0 saturated carbocycles. The van der Waals surface area contributed by atoms with Gasteiger partial charge < -0.3 is 19.5 Å². The quantitative estimate of drug-likeness (QED) is 0.847. The predicted octanol–water partition coefficient (Wildman–Crippen LogP) is 0.254. The number of hydrogen-bond acceptors (Lipinski definition) is 4. The minimum atomic E-state index is -0.523. The molecule has 2 saturated heterocycles. The van der Waals surface area contributed by atoms with Crippen molar-refractivity contribution >= 4 is 11.8 Å². The molecule has 0 radical (unpaired) electrons. The Morgan fingerprint density at radius 2 is 2.22 bits per heavy atom. The van der Waals surface area contributed by atoms with Crippen molar-refractivity contribution in [3.63, 3.8) is 0 Å². The minimum Gasteiger partial charge on any atom is -0.394 e. The Bertz CT molecular complexity index is 629. The molecule has 7 heteroatoms. The molecular formula is C16H24N4O3. The second-order valence-electron chi connectivity index (χ2n) is 7.04. The number of hydrogen-bond donors (Lipinski definition) is 1. The van der Waals surface area contributed by atoms with E-state index in [-0.39, 0.29) is 30.4 Å². The lowest BCUT2D eigenvalue weighted by Crippen LogP contribution is -2.53. The number of carbonyl (C=O) groups is 2. The van der Waals surface area contributed by atoms with Crippen LogP contribution in [0.15, 0.2) is 12.5 Å². The standard InChI is InChI=1S/C16H24N4O3/c1-11(22)20-14-4-5-19(7-12(14)6-16(20,2)9-21)15(23)13-8-18(3)10-17-13/h8,10,12,14,21H,4-7,9H2,1-3H3/t12-,14-,16+/m0/s1. The molecule has 7 nitrogen and oxygen atoms in total. The highest BCUT2D eigenvalue weighted by Gasteiger charge is 2.51. The maximum atomic E-state index is 12.6. The van der Waals surface area contributed by atoms with Crippen molar-refractivity contribution in [1.29, 1.82) is 0 Å². The molecule has 2 aliphatic rings. The molecule has 2 fully saturated rings. The van der Waals surface area contributed by atoms with Gasteiger partial charge in [-0.2, -0.15) is 0 Å². The third-order valence-corrected chi connectivity index (χ3v) is 5.20. The van der Waals surface area contributed by atoms with E-state index in [1.54, 1.807) is 24.0 Å². The van der Waals surface area contributed by atoms with Crippen LogP contribution in [0.1, 0.15) is 37.2 Å². The maximum Gasteiger partial charge on any atom is 0.274 e. The number of likely N-dealkylation sites (tertiary alicyclic amines) is 2. The fourth-order valence-corrected chi connectivity index (χ4v) is 4.25. The van der Waals surface area contributed by atoms with E-state index in [9.17, 15) is 14.7 Å². The fraction of sp³-hybridized carbons (Fsp3) is 0.688. The first-order chi connectivity index (χ1) is 10.9. The Hall–Kier alpha value is -1.89. The molecule has 0 spiro atoms. The van der Waals surface area contributed by atoms with Crippen LogP contribution >= 0.6 is 0 Å². The van der Waals surface area contributed by atoms with Crippen molar-refractivity contribution in [3.8, 4) is 0 Å². The van der Waals surface area contributed by atoms with Gasteiger partial charge in [0.25, 0.3) is 5.91 Å². The van der Waals surface area contributed by atoms with Crippen molar-refractivity contribution in [1.82, 2.24) is 19.4 Å². The van der Waals surface area contributed by atoms with Gasteiger partial charge in [0.2, 0.25) is 5.91 Å². The molecule has 2 aliphatic heterocycles. The van der Waals surface area contributed by atoms with Crippen LogP contribution in [0.5, 0.6) is 0 Å². The molecule has 2 amide bonds. The topological polar surface area (TPSA) is 78.7 Å². The van der Waals surface area contributed by atoms with Gasteiger partial charge in [-0.1, -0.05) is 0 Å². The largest absolute Gasteiger partial charge is 0.394 e. The maximum absolute atomic E-state index is 12.6. The molecule has 126 valence electrons. The van der Waals surface area contributed by atoms with Gasteiger partial charge >= 0.3 is 0 Å². The Kier molecular flexibility index (Phi) is 3.91. The molecule has 1 aromatic heterocycles. The van der Waals surface area contributed by atoms with Crippen molar-refractivity contribution in [2.24, 2.45) is 13.0 Å². The lowest BCUT2D eigenvalue weighted by Gasteiger charge is -2.40. The molecule has 1 aromatic rings. The molecule has 0 aliphatic carbocycles. The number of aromatic nitrogens is 2. The lowest BCUT2D eigenvalue weighted by molar-refractivity contribution is -0.137. The van der Waals surface area contributed by atoms with Crippen molar-refractivity contribution in [2.75, 3.05) is 19.7 Å². The van der Waals surface area contributed by atoms with Crippen LogP contribution in [-0.4, -0.2) is 67.5 Å². The molecule has 3 rings (SSSR count). The van der Waals surface area contributed by atoms with E-state index in [1.807, 2.05) is 23.8 Å². The summed E-state index contributed by atoms with van der Waals surface area (Å²) in [5, 5.41) is 9.76. The molecule has 0 unspecified atom stereocenters. The summed E-state index contributed by atoms with van der Waals surface area (Å²) >= 11 is 0. The predicted molar refractivity (Wildman–Crippen MR) is 83.6 cm³/mol. The molecule has 23 heavy (non-hydrogen) atoms. The van der Waals surface area contributed by atoms with E-state index in [4.69, 9.17) is 0 Å². The third-order valence-electron chi connectivity index (χ3n) is 5.20. The smallest absolute Gasteiger partial charge is 0.274 e. The first kappa shape index (κ1) is 16.0. The van der Waals surface area contributed by atoms with Crippen LogP contribution in [0.25, 0.3) is 0 Å². The van der Waals surface area contributed by atoms with Crippen LogP contribution in [0.4, 0.5) is 0 Å². The lowest BCUT2D eigenvalue weighted by atomic mass is 9.89. The number of aliphatic hydroxyl groups excluding tert-OH is 1. The van der Waals surface area contributed by atoms with Crippen LogP contribution in [-0.2, 0) is 11.8 Å². The summed E-state index contributed by atoms with van der Waals surface area (Å²) in [6, 6.07) is 0.109. The van der Waals surface area contributed by atoms with E-state index >= 15 is 0 Å². The number of carbonyl (C=O) groups excluding carboxylic acids is 2. The Labute approximate surface area is 135 Å².